The maximum Gasteiger partial charge on any atom is 0.103 e. The van der Waals surface area contributed by atoms with E-state index in [-0.39, 0.29) is 0 Å². The molecule has 0 aliphatic carbocycles. The van der Waals surface area contributed by atoms with Crippen LogP contribution in [0.2, 0.25) is 0 Å². The smallest absolute Gasteiger partial charge is 0.103 e. The molecule has 108 valence electrons. The maximum atomic E-state index is 9.32. The minimum absolute atomic E-state index is 0.620. The van der Waals surface area contributed by atoms with Crippen molar-refractivity contribution in [1.29, 1.82) is 5.26 Å². The summed E-state index contributed by atoms with van der Waals surface area (Å²) in [5.41, 5.74) is 3.71. The first kappa shape index (κ1) is 13.7. The van der Waals surface area contributed by atoms with E-state index in [1.54, 1.807) is 6.20 Å². The summed E-state index contributed by atoms with van der Waals surface area (Å²) in [5.74, 6) is 0. The third-order valence-corrected chi connectivity index (χ3v) is 3.99. The van der Waals surface area contributed by atoms with Gasteiger partial charge in [-0.15, -0.1) is 0 Å². The van der Waals surface area contributed by atoms with Gasteiger partial charge in [-0.3, -0.25) is 4.98 Å². The molecule has 0 bridgehead atoms. The molecule has 1 fully saturated rings. The van der Waals surface area contributed by atoms with Crippen LogP contribution in [0.15, 0.2) is 24.4 Å². The van der Waals surface area contributed by atoms with Crippen LogP contribution in [0.25, 0.3) is 10.9 Å². The standard InChI is InChI=1S/C17H20N4/c1-2-7-19-17-13(11-18)12-20-16-6-5-14(10-15(16)17)21-8-3-4-9-21/h5-6,10,12H,2-4,7-9H2,1H3,(H,19,20). The molecule has 2 heterocycles. The molecule has 0 atom stereocenters. The SMILES string of the molecule is CCCNc1c(C#N)cnc2ccc(N3CCCC3)cc12. The van der Waals surface area contributed by atoms with Crippen molar-refractivity contribution < 1.29 is 0 Å². The quantitative estimate of drug-likeness (QED) is 0.931. The largest absolute Gasteiger partial charge is 0.383 e. The number of nitrogens with one attached hydrogen (secondary N) is 1. The van der Waals surface area contributed by atoms with Crippen molar-refractivity contribution in [3.05, 3.63) is 30.0 Å². The van der Waals surface area contributed by atoms with Crippen molar-refractivity contribution in [1.82, 2.24) is 4.98 Å². The van der Waals surface area contributed by atoms with Crippen molar-refractivity contribution in [3.8, 4) is 6.07 Å². The monoisotopic (exact) mass is 280 g/mol. The Morgan fingerprint density at radius 3 is 2.86 bits per heavy atom. The second-order valence-electron chi connectivity index (χ2n) is 5.48. The van der Waals surface area contributed by atoms with Gasteiger partial charge in [-0.05, 0) is 37.5 Å². The van der Waals surface area contributed by atoms with E-state index >= 15 is 0 Å². The molecule has 4 nitrogen and oxygen atoms in total. The molecule has 0 radical (unpaired) electrons. The van der Waals surface area contributed by atoms with Gasteiger partial charge >= 0.3 is 0 Å². The van der Waals surface area contributed by atoms with Crippen LogP contribution in [0.5, 0.6) is 0 Å². The maximum absolute atomic E-state index is 9.32. The molecule has 0 amide bonds. The lowest BCUT2D eigenvalue weighted by Crippen LogP contribution is -2.17. The number of fused-ring (bicyclic) bond motifs is 1. The molecule has 4 heteroatoms. The highest BCUT2D eigenvalue weighted by Crippen LogP contribution is 2.30. The Morgan fingerprint density at radius 1 is 1.33 bits per heavy atom. The van der Waals surface area contributed by atoms with Gasteiger partial charge in [0.15, 0.2) is 0 Å². The van der Waals surface area contributed by atoms with E-state index in [0.29, 0.717) is 5.56 Å². The van der Waals surface area contributed by atoms with Gasteiger partial charge in [-0.2, -0.15) is 5.26 Å². The summed E-state index contributed by atoms with van der Waals surface area (Å²) in [5, 5.41) is 13.8. The summed E-state index contributed by atoms with van der Waals surface area (Å²) in [7, 11) is 0. The molecule has 2 aromatic rings. The van der Waals surface area contributed by atoms with Crippen LogP contribution in [-0.2, 0) is 0 Å². The normalized spacial score (nSPS) is 14.4. The number of pyridine rings is 1. The zero-order valence-electron chi connectivity index (χ0n) is 12.4. The van der Waals surface area contributed by atoms with Gasteiger partial charge in [0, 0.05) is 36.9 Å². The minimum Gasteiger partial charge on any atom is -0.383 e. The van der Waals surface area contributed by atoms with Crippen molar-refractivity contribution >= 4 is 22.3 Å². The first-order valence-electron chi connectivity index (χ1n) is 7.65. The lowest BCUT2D eigenvalue weighted by Gasteiger charge is -2.19. The number of nitriles is 1. The van der Waals surface area contributed by atoms with Crippen LogP contribution in [-0.4, -0.2) is 24.6 Å². The average molecular weight is 280 g/mol. The first-order valence-corrected chi connectivity index (χ1v) is 7.65. The van der Waals surface area contributed by atoms with Crippen LogP contribution in [0.3, 0.4) is 0 Å². The van der Waals surface area contributed by atoms with Crippen LogP contribution in [0, 0.1) is 11.3 Å². The predicted molar refractivity (Wildman–Crippen MR) is 86.7 cm³/mol. The molecular formula is C17H20N4. The number of rotatable bonds is 4. The first-order chi connectivity index (χ1) is 10.3. The molecule has 3 rings (SSSR count). The molecule has 1 aliphatic rings. The molecule has 1 aromatic heterocycles. The summed E-state index contributed by atoms with van der Waals surface area (Å²) in [4.78, 5) is 6.81. The molecule has 0 unspecified atom stereocenters. The third-order valence-electron chi connectivity index (χ3n) is 3.99. The highest BCUT2D eigenvalue weighted by Gasteiger charge is 2.15. The van der Waals surface area contributed by atoms with Gasteiger partial charge in [0.1, 0.15) is 6.07 Å². The summed E-state index contributed by atoms with van der Waals surface area (Å²) in [6.45, 7) is 5.23. The second kappa shape index (κ2) is 6.01. The second-order valence-corrected chi connectivity index (χ2v) is 5.48. The van der Waals surface area contributed by atoms with Crippen molar-refractivity contribution in [2.75, 3.05) is 29.9 Å². The number of hydrogen-bond donors (Lipinski definition) is 1. The Morgan fingerprint density at radius 2 is 2.14 bits per heavy atom. The molecule has 0 spiro atoms. The van der Waals surface area contributed by atoms with Crippen molar-refractivity contribution in [2.45, 2.75) is 26.2 Å². The van der Waals surface area contributed by atoms with E-state index in [1.807, 2.05) is 0 Å². The Hall–Kier alpha value is -2.28. The van der Waals surface area contributed by atoms with E-state index in [0.717, 1.165) is 42.6 Å². The van der Waals surface area contributed by atoms with Crippen LogP contribution >= 0.6 is 0 Å². The van der Waals surface area contributed by atoms with Crippen LogP contribution in [0.4, 0.5) is 11.4 Å². The fourth-order valence-electron chi connectivity index (χ4n) is 2.88. The fraction of sp³-hybridized carbons (Fsp3) is 0.412. The van der Waals surface area contributed by atoms with Gasteiger partial charge in [0.05, 0.1) is 16.8 Å². The lowest BCUT2D eigenvalue weighted by molar-refractivity contribution is 0.949. The molecule has 1 saturated heterocycles. The Balaban J connectivity index is 2.09. The number of aromatic nitrogens is 1. The molecule has 0 saturated carbocycles. The molecule has 1 aromatic carbocycles. The summed E-state index contributed by atoms with van der Waals surface area (Å²) in [6.07, 6.45) is 5.21. The van der Waals surface area contributed by atoms with Crippen molar-refractivity contribution in [3.63, 3.8) is 0 Å². The van der Waals surface area contributed by atoms with E-state index in [1.165, 1.54) is 18.5 Å². The summed E-state index contributed by atoms with van der Waals surface area (Å²) >= 11 is 0. The van der Waals surface area contributed by atoms with Gasteiger partial charge in [-0.1, -0.05) is 6.92 Å². The Bertz CT molecular complexity index is 681. The van der Waals surface area contributed by atoms with E-state index in [2.05, 4.69) is 46.4 Å². The Kier molecular flexibility index (Phi) is 3.92. The topological polar surface area (TPSA) is 52.0 Å². The number of nitrogens with zero attached hydrogens (tertiary/aromatic N) is 3. The lowest BCUT2D eigenvalue weighted by atomic mass is 10.1. The van der Waals surface area contributed by atoms with Gasteiger partial charge < -0.3 is 10.2 Å². The van der Waals surface area contributed by atoms with E-state index < -0.39 is 0 Å². The predicted octanol–water partition coefficient (Wildman–Crippen LogP) is 3.53. The highest BCUT2D eigenvalue weighted by atomic mass is 15.1. The zero-order valence-corrected chi connectivity index (χ0v) is 12.4. The van der Waals surface area contributed by atoms with E-state index in [4.69, 9.17) is 0 Å². The number of benzene rings is 1. The summed E-state index contributed by atoms with van der Waals surface area (Å²) < 4.78 is 0. The zero-order chi connectivity index (χ0) is 14.7. The number of hydrogen-bond acceptors (Lipinski definition) is 4. The highest BCUT2D eigenvalue weighted by molar-refractivity contribution is 5.96. The van der Waals surface area contributed by atoms with E-state index in [9.17, 15) is 5.26 Å². The molecule has 1 N–H and O–H groups in total. The van der Waals surface area contributed by atoms with Crippen LogP contribution in [0.1, 0.15) is 31.7 Å². The molecule has 1 aliphatic heterocycles. The van der Waals surface area contributed by atoms with Crippen LogP contribution < -0.4 is 10.2 Å². The third kappa shape index (κ3) is 2.64. The molecular weight excluding hydrogens is 260 g/mol. The molecule has 21 heavy (non-hydrogen) atoms. The van der Waals surface area contributed by atoms with Crippen molar-refractivity contribution in [2.24, 2.45) is 0 Å². The summed E-state index contributed by atoms with van der Waals surface area (Å²) in [6, 6.07) is 8.61. The van der Waals surface area contributed by atoms with Gasteiger partial charge in [-0.25, -0.2) is 0 Å². The van der Waals surface area contributed by atoms with Gasteiger partial charge in [0.25, 0.3) is 0 Å². The average Bonchev–Trinajstić information content (AvgIpc) is 3.06. The van der Waals surface area contributed by atoms with Gasteiger partial charge in [0.2, 0.25) is 0 Å². The Labute approximate surface area is 125 Å². The fourth-order valence-corrected chi connectivity index (χ4v) is 2.88. The number of anilines is 2. The minimum atomic E-state index is 0.620.